The van der Waals surface area contributed by atoms with Gasteiger partial charge in [-0.3, -0.25) is 9.89 Å². The summed E-state index contributed by atoms with van der Waals surface area (Å²) in [5.41, 5.74) is 3.45. The van der Waals surface area contributed by atoms with E-state index in [1.165, 1.54) is 24.8 Å². The van der Waals surface area contributed by atoms with Gasteiger partial charge in [-0.1, -0.05) is 42.8 Å². The molecule has 29 heavy (non-hydrogen) atoms. The largest absolute Gasteiger partial charge is 0.314 e. The van der Waals surface area contributed by atoms with Crippen LogP contribution in [0.2, 0.25) is 0 Å². The number of aryl methyl sites for hydroxylation is 2. The van der Waals surface area contributed by atoms with Gasteiger partial charge in [0.25, 0.3) is 5.56 Å². The molecule has 0 radical (unpaired) electrons. The normalized spacial score (nSPS) is 15.5. The summed E-state index contributed by atoms with van der Waals surface area (Å²) in [6.45, 7) is 1.02. The molecule has 2 aromatic heterocycles. The van der Waals surface area contributed by atoms with E-state index in [-0.39, 0.29) is 18.0 Å². The van der Waals surface area contributed by atoms with Crippen LogP contribution >= 0.6 is 12.4 Å². The minimum absolute atomic E-state index is 0. The number of hydrogen-bond donors (Lipinski definition) is 2. The summed E-state index contributed by atoms with van der Waals surface area (Å²) in [7, 11) is 0. The fraction of sp³-hybridized carbons (Fsp3) is 0.391. The number of unbranched alkanes of at least 4 members (excludes halogenated alkanes) is 2. The average molecular weight is 413 g/mol. The molecule has 5 nitrogen and oxygen atoms in total. The molecule has 6 heteroatoms. The lowest BCUT2D eigenvalue weighted by molar-refractivity contribution is 0.446. The summed E-state index contributed by atoms with van der Waals surface area (Å²) in [5, 5.41) is 6.91. The number of aromatic nitrogens is 3. The molecule has 0 aliphatic heterocycles. The summed E-state index contributed by atoms with van der Waals surface area (Å²) in [4.78, 5) is 17.1. The van der Waals surface area contributed by atoms with E-state index in [1.807, 2.05) is 18.2 Å². The number of H-pyrrole nitrogens is 1. The number of benzene rings is 1. The molecule has 1 atom stereocenters. The average Bonchev–Trinajstić information content (AvgIpc) is 3.08. The molecule has 154 valence electrons. The third kappa shape index (κ3) is 5.37. The topological polar surface area (TPSA) is 62.7 Å². The molecule has 0 saturated carbocycles. The van der Waals surface area contributed by atoms with E-state index in [2.05, 4.69) is 45.7 Å². The summed E-state index contributed by atoms with van der Waals surface area (Å²) in [6, 6.07) is 16.7. The first-order chi connectivity index (χ1) is 13.8. The Labute approximate surface area is 178 Å². The fourth-order valence-corrected chi connectivity index (χ4v) is 4.00. The van der Waals surface area contributed by atoms with Crippen molar-refractivity contribution in [3.63, 3.8) is 0 Å². The molecular weight excluding hydrogens is 384 g/mol. The highest BCUT2D eigenvalue weighted by Gasteiger charge is 2.24. The van der Waals surface area contributed by atoms with Crippen LogP contribution in [0.5, 0.6) is 0 Å². The van der Waals surface area contributed by atoms with Crippen molar-refractivity contribution in [1.82, 2.24) is 20.1 Å². The van der Waals surface area contributed by atoms with Crippen LogP contribution in [0.4, 0.5) is 0 Å². The van der Waals surface area contributed by atoms with Crippen LogP contribution in [0.25, 0.3) is 5.82 Å². The molecule has 1 aromatic carbocycles. The maximum absolute atomic E-state index is 12.8. The van der Waals surface area contributed by atoms with Gasteiger partial charge in [0, 0.05) is 23.5 Å². The smallest absolute Gasteiger partial charge is 0.276 e. The molecule has 0 amide bonds. The molecule has 0 fully saturated rings. The Balaban J connectivity index is 0.00000240. The highest BCUT2D eigenvalue weighted by molar-refractivity contribution is 5.85. The SMILES string of the molecule is Cl.O=c1c2c([nH]n1-c1ccccn1)CCC(NCCCCCc1ccccc1)C2. The van der Waals surface area contributed by atoms with Gasteiger partial charge in [-0.2, -0.15) is 0 Å². The molecular formula is C23H29ClN4O. The highest BCUT2D eigenvalue weighted by Crippen LogP contribution is 2.18. The second-order valence-corrected chi connectivity index (χ2v) is 7.59. The van der Waals surface area contributed by atoms with Crippen LogP contribution in [0, 0.1) is 0 Å². The Morgan fingerprint density at radius 1 is 1.07 bits per heavy atom. The van der Waals surface area contributed by atoms with Crippen LogP contribution in [-0.2, 0) is 19.3 Å². The minimum atomic E-state index is 0. The van der Waals surface area contributed by atoms with Crippen molar-refractivity contribution in [3.8, 4) is 5.82 Å². The van der Waals surface area contributed by atoms with Crippen molar-refractivity contribution in [2.24, 2.45) is 0 Å². The fourth-order valence-electron chi connectivity index (χ4n) is 4.00. The second kappa shape index (κ2) is 10.4. The van der Waals surface area contributed by atoms with E-state index < -0.39 is 0 Å². The first kappa shape index (κ1) is 21.3. The highest BCUT2D eigenvalue weighted by atomic mass is 35.5. The number of nitrogens with zero attached hydrogens (tertiary/aromatic N) is 2. The lowest BCUT2D eigenvalue weighted by atomic mass is 9.93. The molecule has 0 bridgehead atoms. The number of hydrogen-bond acceptors (Lipinski definition) is 3. The zero-order chi connectivity index (χ0) is 19.2. The number of fused-ring (bicyclic) bond motifs is 1. The third-order valence-corrected chi connectivity index (χ3v) is 5.56. The number of pyridine rings is 1. The van der Waals surface area contributed by atoms with Crippen molar-refractivity contribution in [2.75, 3.05) is 6.54 Å². The second-order valence-electron chi connectivity index (χ2n) is 7.59. The molecule has 0 saturated heterocycles. The van der Waals surface area contributed by atoms with Crippen LogP contribution in [-0.4, -0.2) is 27.4 Å². The quantitative estimate of drug-likeness (QED) is 0.552. The number of nitrogens with one attached hydrogen (secondary N) is 2. The zero-order valence-corrected chi connectivity index (χ0v) is 17.5. The van der Waals surface area contributed by atoms with Crippen LogP contribution < -0.4 is 10.9 Å². The monoisotopic (exact) mass is 412 g/mol. The van der Waals surface area contributed by atoms with Gasteiger partial charge in [0.15, 0.2) is 5.82 Å². The molecule has 1 aliphatic carbocycles. The van der Waals surface area contributed by atoms with Gasteiger partial charge < -0.3 is 5.32 Å². The predicted molar refractivity (Wildman–Crippen MR) is 119 cm³/mol. The standard InChI is InChI=1S/C23H28N4O.ClH/c28-23-20-17-19(24-15-7-2-5-11-18-9-3-1-4-10-18)13-14-21(20)26-27(23)22-12-6-8-16-25-22;/h1,3-4,6,8-10,12,16,19,24,26H,2,5,7,11,13-15,17H2;1H. The van der Waals surface area contributed by atoms with E-state index in [1.54, 1.807) is 10.9 Å². The number of aromatic amines is 1. The van der Waals surface area contributed by atoms with Crippen molar-refractivity contribution >= 4 is 12.4 Å². The summed E-state index contributed by atoms with van der Waals surface area (Å²) in [5.74, 6) is 0.657. The Bertz CT molecular complexity index is 937. The lowest BCUT2D eigenvalue weighted by Gasteiger charge is -2.22. The molecule has 2 heterocycles. The number of rotatable bonds is 8. The van der Waals surface area contributed by atoms with Crippen molar-refractivity contribution in [3.05, 3.63) is 81.9 Å². The van der Waals surface area contributed by atoms with Crippen LogP contribution in [0.15, 0.2) is 59.5 Å². The first-order valence-corrected chi connectivity index (χ1v) is 10.3. The van der Waals surface area contributed by atoms with Gasteiger partial charge in [0.2, 0.25) is 0 Å². The molecule has 4 rings (SSSR count). The van der Waals surface area contributed by atoms with Crippen molar-refractivity contribution in [1.29, 1.82) is 0 Å². The van der Waals surface area contributed by atoms with Crippen LogP contribution in [0.1, 0.15) is 42.5 Å². The Morgan fingerprint density at radius 3 is 2.69 bits per heavy atom. The summed E-state index contributed by atoms with van der Waals surface area (Å²) < 4.78 is 1.58. The van der Waals surface area contributed by atoms with Gasteiger partial charge in [-0.05, 0) is 62.8 Å². The molecule has 2 N–H and O–H groups in total. The maximum Gasteiger partial charge on any atom is 0.276 e. The van der Waals surface area contributed by atoms with Crippen molar-refractivity contribution < 1.29 is 0 Å². The first-order valence-electron chi connectivity index (χ1n) is 10.3. The van der Waals surface area contributed by atoms with Gasteiger partial charge in [0.05, 0.1) is 0 Å². The van der Waals surface area contributed by atoms with Gasteiger partial charge in [0.1, 0.15) is 0 Å². The zero-order valence-electron chi connectivity index (χ0n) is 16.6. The van der Waals surface area contributed by atoms with Crippen molar-refractivity contribution in [2.45, 2.75) is 51.0 Å². The van der Waals surface area contributed by atoms with E-state index in [9.17, 15) is 4.79 Å². The van der Waals surface area contributed by atoms with Gasteiger partial charge >= 0.3 is 0 Å². The molecule has 1 unspecified atom stereocenters. The predicted octanol–water partition coefficient (Wildman–Crippen LogP) is 3.84. The van der Waals surface area contributed by atoms with E-state index in [0.29, 0.717) is 11.9 Å². The molecule has 0 spiro atoms. The molecule has 1 aliphatic rings. The lowest BCUT2D eigenvalue weighted by Crippen LogP contribution is -2.36. The Hall–Kier alpha value is -2.37. The van der Waals surface area contributed by atoms with E-state index >= 15 is 0 Å². The Kier molecular flexibility index (Phi) is 7.67. The third-order valence-electron chi connectivity index (χ3n) is 5.56. The number of halogens is 1. The molecule has 3 aromatic rings. The van der Waals surface area contributed by atoms with Gasteiger partial charge in [-0.15, -0.1) is 12.4 Å². The van der Waals surface area contributed by atoms with E-state index in [4.69, 9.17) is 0 Å². The summed E-state index contributed by atoms with van der Waals surface area (Å²) in [6.07, 6.45) is 9.29. The maximum atomic E-state index is 12.8. The van der Waals surface area contributed by atoms with Gasteiger partial charge in [-0.25, -0.2) is 9.67 Å². The van der Waals surface area contributed by atoms with E-state index in [0.717, 1.165) is 43.5 Å². The minimum Gasteiger partial charge on any atom is -0.314 e. The Morgan fingerprint density at radius 2 is 1.90 bits per heavy atom. The van der Waals surface area contributed by atoms with Crippen LogP contribution in [0.3, 0.4) is 0 Å². The summed E-state index contributed by atoms with van der Waals surface area (Å²) >= 11 is 0.